The molecule has 2 N–H and O–H groups in total. The Morgan fingerprint density at radius 2 is 1.16 bits per heavy atom. The first kappa shape index (κ1) is 23.2. The molecule has 0 spiro atoms. The van der Waals surface area contributed by atoms with Crippen LogP contribution in [0.2, 0.25) is 0 Å². The van der Waals surface area contributed by atoms with Crippen LogP contribution in [0.3, 0.4) is 0 Å². The van der Waals surface area contributed by atoms with Crippen molar-refractivity contribution in [1.29, 1.82) is 0 Å². The van der Waals surface area contributed by atoms with E-state index in [1.54, 1.807) is 0 Å². The molecule has 0 bridgehead atoms. The fraction of sp³-hybridized carbons (Fsp3) is 0.379. The van der Waals surface area contributed by atoms with E-state index in [0.29, 0.717) is 11.8 Å². The average molecular weight is 415 g/mol. The normalized spacial score (nSPS) is 12.3. The van der Waals surface area contributed by atoms with E-state index >= 15 is 0 Å². The first-order valence-corrected chi connectivity index (χ1v) is 11.7. The summed E-state index contributed by atoms with van der Waals surface area (Å²) in [5, 5.41) is 7.30. The monoisotopic (exact) mass is 414 g/mol. The Kier molecular flexibility index (Phi) is 9.33. The number of hydrogen-bond acceptors (Lipinski definition) is 2. The van der Waals surface area contributed by atoms with Gasteiger partial charge in [0, 0.05) is 13.1 Å². The predicted octanol–water partition coefficient (Wildman–Crippen LogP) is 6.11. The summed E-state index contributed by atoms with van der Waals surface area (Å²) in [7, 11) is 0. The fourth-order valence-electron chi connectivity index (χ4n) is 3.94. The van der Waals surface area contributed by atoms with Crippen LogP contribution in [0.5, 0.6) is 0 Å². The Hall–Kier alpha value is -2.42. The Bertz CT molecular complexity index is 887. The maximum Gasteiger partial charge on any atom is 0.0208 e. The Labute approximate surface area is 189 Å². The highest BCUT2D eigenvalue weighted by atomic mass is 14.9. The summed E-state index contributed by atoms with van der Waals surface area (Å²) < 4.78 is 0. The Morgan fingerprint density at radius 1 is 0.613 bits per heavy atom. The molecule has 31 heavy (non-hydrogen) atoms. The van der Waals surface area contributed by atoms with Gasteiger partial charge in [0.15, 0.2) is 0 Å². The van der Waals surface area contributed by atoms with Gasteiger partial charge in [0.25, 0.3) is 0 Å². The van der Waals surface area contributed by atoms with Gasteiger partial charge in [-0.2, -0.15) is 0 Å². The molecule has 0 radical (unpaired) electrons. The van der Waals surface area contributed by atoms with Crippen LogP contribution in [-0.4, -0.2) is 13.1 Å². The highest BCUT2D eigenvalue weighted by Crippen LogP contribution is 2.27. The summed E-state index contributed by atoms with van der Waals surface area (Å²) in [6.07, 6.45) is 2.13. The van der Waals surface area contributed by atoms with Gasteiger partial charge < -0.3 is 10.6 Å². The molecule has 0 amide bonds. The molecule has 3 aromatic carbocycles. The van der Waals surface area contributed by atoms with Crippen molar-refractivity contribution in [2.75, 3.05) is 13.1 Å². The number of hydrogen-bond donors (Lipinski definition) is 2. The van der Waals surface area contributed by atoms with Gasteiger partial charge in [-0.1, -0.05) is 99.6 Å². The first-order valence-electron chi connectivity index (χ1n) is 11.7. The molecule has 2 nitrogen and oxygen atoms in total. The zero-order valence-corrected chi connectivity index (χ0v) is 19.4. The summed E-state index contributed by atoms with van der Waals surface area (Å²) in [6.45, 7) is 10.8. The lowest BCUT2D eigenvalue weighted by Gasteiger charge is -2.21. The molecule has 164 valence electrons. The quantitative estimate of drug-likeness (QED) is 0.349. The lowest BCUT2D eigenvalue weighted by Crippen LogP contribution is -2.20. The molecule has 0 heterocycles. The van der Waals surface area contributed by atoms with Crippen LogP contribution >= 0.6 is 0 Å². The van der Waals surface area contributed by atoms with E-state index in [-0.39, 0.29) is 0 Å². The van der Waals surface area contributed by atoms with Crippen LogP contribution in [0.25, 0.3) is 0 Å². The van der Waals surface area contributed by atoms with E-state index in [1.165, 1.54) is 27.8 Å². The molecule has 3 rings (SSSR count). The number of benzene rings is 3. The van der Waals surface area contributed by atoms with Gasteiger partial charge in [0.2, 0.25) is 0 Å². The molecule has 2 heteroatoms. The molecule has 0 aliphatic rings. The largest absolute Gasteiger partial charge is 0.312 e. The summed E-state index contributed by atoms with van der Waals surface area (Å²) >= 11 is 0. The third-order valence-electron chi connectivity index (χ3n) is 6.21. The Balaban J connectivity index is 1.56. The van der Waals surface area contributed by atoms with Gasteiger partial charge >= 0.3 is 0 Å². The third kappa shape index (κ3) is 7.65. The smallest absolute Gasteiger partial charge is 0.0208 e. The van der Waals surface area contributed by atoms with E-state index in [0.717, 1.165) is 39.0 Å². The van der Waals surface area contributed by atoms with Gasteiger partial charge in [0.1, 0.15) is 0 Å². The second kappa shape index (κ2) is 12.4. The minimum absolute atomic E-state index is 0.561. The summed E-state index contributed by atoms with van der Waals surface area (Å²) in [5.41, 5.74) is 7.07. The van der Waals surface area contributed by atoms with Crippen LogP contribution in [0.15, 0.2) is 78.9 Å². The van der Waals surface area contributed by atoms with E-state index in [4.69, 9.17) is 0 Å². The number of nitrogens with one attached hydrogen (secondary N) is 2. The van der Waals surface area contributed by atoms with Crippen LogP contribution in [0.4, 0.5) is 0 Å². The standard InChI is InChI=1S/C29H38N2/c1-23(2)24(3)29-15-14-27(21-30-18-16-25-10-6-4-7-11-25)20-28(29)22-31-19-17-26-12-8-5-9-13-26/h4-15,20,23-24,30-31H,16-19,21-22H2,1-3H3. The SMILES string of the molecule is CC(C)C(C)c1ccc(CNCCc2ccccc2)cc1CNCCc1ccccc1. The second-order valence-corrected chi connectivity index (χ2v) is 8.89. The third-order valence-corrected chi connectivity index (χ3v) is 6.21. The maximum atomic E-state index is 3.68. The van der Waals surface area contributed by atoms with Crippen molar-refractivity contribution >= 4 is 0 Å². The molecule has 0 aromatic heterocycles. The van der Waals surface area contributed by atoms with Crippen molar-refractivity contribution in [2.45, 2.75) is 52.6 Å². The highest BCUT2D eigenvalue weighted by molar-refractivity contribution is 5.35. The van der Waals surface area contributed by atoms with E-state index in [2.05, 4.69) is 110 Å². The average Bonchev–Trinajstić information content (AvgIpc) is 2.80. The van der Waals surface area contributed by atoms with Crippen molar-refractivity contribution in [3.05, 3.63) is 107 Å². The van der Waals surface area contributed by atoms with Crippen molar-refractivity contribution < 1.29 is 0 Å². The number of rotatable bonds is 12. The summed E-state index contributed by atoms with van der Waals surface area (Å²) in [4.78, 5) is 0. The van der Waals surface area contributed by atoms with Gasteiger partial charge in [-0.25, -0.2) is 0 Å². The lowest BCUT2D eigenvalue weighted by molar-refractivity contribution is 0.527. The molecular weight excluding hydrogens is 376 g/mol. The fourth-order valence-corrected chi connectivity index (χ4v) is 3.94. The Morgan fingerprint density at radius 3 is 1.71 bits per heavy atom. The summed E-state index contributed by atoms with van der Waals surface area (Å²) in [5.74, 6) is 1.20. The molecule has 1 atom stereocenters. The first-order chi connectivity index (χ1) is 15.1. The maximum absolute atomic E-state index is 3.68. The van der Waals surface area contributed by atoms with Crippen LogP contribution in [0, 0.1) is 5.92 Å². The van der Waals surface area contributed by atoms with Gasteiger partial charge in [-0.3, -0.25) is 0 Å². The topological polar surface area (TPSA) is 24.1 Å². The zero-order chi connectivity index (χ0) is 21.9. The van der Waals surface area contributed by atoms with Gasteiger partial charge in [-0.15, -0.1) is 0 Å². The minimum atomic E-state index is 0.561. The zero-order valence-electron chi connectivity index (χ0n) is 19.4. The highest BCUT2D eigenvalue weighted by Gasteiger charge is 2.14. The molecular formula is C29H38N2. The van der Waals surface area contributed by atoms with Crippen molar-refractivity contribution in [1.82, 2.24) is 10.6 Å². The minimum Gasteiger partial charge on any atom is -0.312 e. The van der Waals surface area contributed by atoms with E-state index in [1.807, 2.05) is 0 Å². The molecule has 0 aliphatic heterocycles. The molecule has 1 unspecified atom stereocenters. The van der Waals surface area contributed by atoms with Crippen LogP contribution < -0.4 is 10.6 Å². The van der Waals surface area contributed by atoms with Gasteiger partial charge in [-0.05, 0) is 65.6 Å². The van der Waals surface area contributed by atoms with Gasteiger partial charge in [0.05, 0.1) is 0 Å². The summed E-state index contributed by atoms with van der Waals surface area (Å²) in [6, 6.07) is 28.5. The van der Waals surface area contributed by atoms with Crippen LogP contribution in [-0.2, 0) is 25.9 Å². The van der Waals surface area contributed by atoms with Crippen LogP contribution in [0.1, 0.15) is 54.5 Å². The lowest BCUT2D eigenvalue weighted by atomic mass is 9.86. The second-order valence-electron chi connectivity index (χ2n) is 8.89. The molecule has 0 fully saturated rings. The predicted molar refractivity (Wildman–Crippen MR) is 133 cm³/mol. The van der Waals surface area contributed by atoms with Crippen molar-refractivity contribution in [2.24, 2.45) is 5.92 Å². The molecule has 0 saturated heterocycles. The van der Waals surface area contributed by atoms with E-state index in [9.17, 15) is 0 Å². The van der Waals surface area contributed by atoms with Crippen molar-refractivity contribution in [3.63, 3.8) is 0 Å². The van der Waals surface area contributed by atoms with Crippen molar-refractivity contribution in [3.8, 4) is 0 Å². The molecule has 0 saturated carbocycles. The molecule has 0 aliphatic carbocycles. The molecule has 3 aromatic rings. The van der Waals surface area contributed by atoms with E-state index < -0.39 is 0 Å².